The Hall–Kier alpha value is -1.63. The molecule has 1 aliphatic carbocycles. The molecular weight excluding hydrogens is 286 g/mol. The summed E-state index contributed by atoms with van der Waals surface area (Å²) in [7, 11) is 0. The summed E-state index contributed by atoms with van der Waals surface area (Å²) in [6, 6.07) is 3.81. The van der Waals surface area contributed by atoms with Crippen LogP contribution in [0.15, 0.2) is 23.1 Å². The molecule has 0 aromatic carbocycles. The number of rotatable bonds is 2. The Bertz CT molecular complexity index is 577. The highest BCUT2D eigenvalue weighted by atomic mass is 79.9. The van der Waals surface area contributed by atoms with E-state index in [1.165, 1.54) is 6.33 Å². The molecule has 0 unspecified atom stereocenters. The monoisotopic (exact) mass is 295 g/mol. The fraction of sp³-hybridized carbons (Fsp3) is 0.300. The second-order valence-electron chi connectivity index (χ2n) is 3.93. The molecule has 1 aliphatic rings. The topological polar surface area (TPSA) is 71.3 Å². The summed E-state index contributed by atoms with van der Waals surface area (Å²) in [5, 5.41) is 9.64. The van der Waals surface area contributed by atoms with Crippen molar-refractivity contribution >= 4 is 33.3 Å². The number of halogens is 1. The molecule has 0 saturated heterocycles. The molecule has 0 radical (unpaired) electrons. The lowest BCUT2D eigenvalue weighted by Gasteiger charge is -2.06. The summed E-state index contributed by atoms with van der Waals surface area (Å²) >= 11 is 3.36. The van der Waals surface area contributed by atoms with Crippen molar-refractivity contribution < 1.29 is 4.79 Å². The van der Waals surface area contributed by atoms with Crippen LogP contribution in [0.1, 0.15) is 12.8 Å². The number of nitrogens with zero attached hydrogens (tertiary/aromatic N) is 3. The van der Waals surface area contributed by atoms with Crippen LogP contribution in [-0.4, -0.2) is 26.7 Å². The number of anilines is 1. The number of carbonyl (C=O) groups excluding carboxylic acids is 1. The van der Waals surface area contributed by atoms with E-state index in [1.54, 1.807) is 4.52 Å². The highest BCUT2D eigenvalue weighted by Crippen LogP contribution is 2.21. The Morgan fingerprint density at radius 2 is 2.29 bits per heavy atom. The average Bonchev–Trinajstić information content (AvgIpc) is 3.03. The van der Waals surface area contributed by atoms with Crippen molar-refractivity contribution in [3.05, 3.63) is 23.1 Å². The van der Waals surface area contributed by atoms with E-state index in [0.29, 0.717) is 11.9 Å². The number of urea groups is 1. The normalized spacial score (nSPS) is 14.9. The van der Waals surface area contributed by atoms with E-state index >= 15 is 0 Å². The van der Waals surface area contributed by atoms with Gasteiger partial charge in [-0.15, -0.1) is 0 Å². The van der Waals surface area contributed by atoms with Crippen LogP contribution in [-0.2, 0) is 0 Å². The summed E-state index contributed by atoms with van der Waals surface area (Å²) in [4.78, 5) is 15.7. The third kappa shape index (κ3) is 2.10. The van der Waals surface area contributed by atoms with Crippen molar-refractivity contribution in [2.75, 3.05) is 5.32 Å². The smallest absolute Gasteiger partial charge is 0.320 e. The SMILES string of the molecule is O=C(Nc1ncnn2c(Br)ccc12)NC1CC1. The molecule has 1 fully saturated rings. The maximum Gasteiger partial charge on any atom is 0.320 e. The molecule has 2 aromatic rings. The van der Waals surface area contributed by atoms with Gasteiger partial charge in [-0.05, 0) is 40.9 Å². The third-order valence-electron chi connectivity index (χ3n) is 2.55. The van der Waals surface area contributed by atoms with Gasteiger partial charge in [0.05, 0.1) is 0 Å². The molecule has 2 amide bonds. The fourth-order valence-electron chi connectivity index (χ4n) is 1.55. The van der Waals surface area contributed by atoms with Crippen molar-refractivity contribution in [2.24, 2.45) is 0 Å². The quantitative estimate of drug-likeness (QED) is 0.887. The van der Waals surface area contributed by atoms with E-state index < -0.39 is 0 Å². The molecular formula is C10H10BrN5O. The lowest BCUT2D eigenvalue weighted by molar-refractivity contribution is 0.251. The van der Waals surface area contributed by atoms with Crippen molar-refractivity contribution in [3.8, 4) is 0 Å². The number of nitrogens with one attached hydrogen (secondary N) is 2. The first-order valence-electron chi connectivity index (χ1n) is 5.30. The first-order valence-corrected chi connectivity index (χ1v) is 6.09. The molecule has 0 bridgehead atoms. The number of hydrogen-bond acceptors (Lipinski definition) is 3. The van der Waals surface area contributed by atoms with Gasteiger partial charge < -0.3 is 5.32 Å². The van der Waals surface area contributed by atoms with Crippen LogP contribution in [0.5, 0.6) is 0 Å². The van der Waals surface area contributed by atoms with Crippen molar-refractivity contribution in [1.82, 2.24) is 19.9 Å². The minimum atomic E-state index is -0.217. The molecule has 2 aromatic heterocycles. The van der Waals surface area contributed by atoms with E-state index in [9.17, 15) is 4.79 Å². The first-order chi connectivity index (χ1) is 8.24. The predicted molar refractivity (Wildman–Crippen MR) is 65.9 cm³/mol. The average molecular weight is 296 g/mol. The van der Waals surface area contributed by atoms with Gasteiger partial charge in [0.1, 0.15) is 16.4 Å². The largest absolute Gasteiger partial charge is 0.335 e. The first kappa shape index (κ1) is 10.5. The van der Waals surface area contributed by atoms with E-state index in [1.807, 2.05) is 12.1 Å². The third-order valence-corrected chi connectivity index (χ3v) is 3.15. The Morgan fingerprint density at radius 3 is 3.06 bits per heavy atom. The zero-order valence-electron chi connectivity index (χ0n) is 8.85. The summed E-state index contributed by atoms with van der Waals surface area (Å²) in [5.74, 6) is 0.504. The predicted octanol–water partition coefficient (Wildman–Crippen LogP) is 1.78. The zero-order chi connectivity index (χ0) is 11.8. The number of amides is 2. The van der Waals surface area contributed by atoms with Gasteiger partial charge >= 0.3 is 6.03 Å². The molecule has 2 heterocycles. The fourth-order valence-corrected chi connectivity index (χ4v) is 1.97. The molecule has 6 nitrogen and oxygen atoms in total. The van der Waals surface area contributed by atoms with E-state index in [0.717, 1.165) is 23.0 Å². The molecule has 0 atom stereocenters. The van der Waals surface area contributed by atoms with Crippen LogP contribution in [0, 0.1) is 0 Å². The zero-order valence-corrected chi connectivity index (χ0v) is 10.4. The second kappa shape index (κ2) is 3.99. The van der Waals surface area contributed by atoms with Crippen molar-refractivity contribution in [2.45, 2.75) is 18.9 Å². The maximum atomic E-state index is 11.6. The van der Waals surface area contributed by atoms with Gasteiger partial charge in [0.15, 0.2) is 5.82 Å². The number of carbonyl (C=O) groups is 1. The van der Waals surface area contributed by atoms with Crippen LogP contribution < -0.4 is 10.6 Å². The molecule has 7 heteroatoms. The Labute approximate surface area is 106 Å². The minimum Gasteiger partial charge on any atom is -0.335 e. The summed E-state index contributed by atoms with van der Waals surface area (Å²) in [5.41, 5.74) is 0.755. The van der Waals surface area contributed by atoms with Gasteiger partial charge in [0.2, 0.25) is 0 Å². The molecule has 1 saturated carbocycles. The highest BCUT2D eigenvalue weighted by molar-refractivity contribution is 9.10. The van der Waals surface area contributed by atoms with E-state index in [-0.39, 0.29) is 6.03 Å². The van der Waals surface area contributed by atoms with Gasteiger partial charge in [-0.3, -0.25) is 5.32 Å². The Morgan fingerprint density at radius 1 is 1.47 bits per heavy atom. The van der Waals surface area contributed by atoms with Crippen LogP contribution in [0.4, 0.5) is 10.6 Å². The number of aromatic nitrogens is 3. The molecule has 3 rings (SSSR count). The van der Waals surface area contributed by atoms with Crippen LogP contribution in [0.25, 0.3) is 5.52 Å². The standard InChI is InChI=1S/C10H10BrN5O/c11-8-4-3-7-9(12-5-13-16(7)8)15-10(17)14-6-1-2-6/h3-6H,1-2H2,(H2,12,13,14,15,17). The number of fused-ring (bicyclic) bond motifs is 1. The number of hydrogen-bond donors (Lipinski definition) is 2. The Kier molecular flexibility index (Phi) is 2.47. The van der Waals surface area contributed by atoms with Gasteiger partial charge in [-0.1, -0.05) is 0 Å². The lowest BCUT2D eigenvalue weighted by Crippen LogP contribution is -2.30. The molecule has 88 valence electrons. The van der Waals surface area contributed by atoms with Crippen LogP contribution in [0.3, 0.4) is 0 Å². The van der Waals surface area contributed by atoms with Gasteiger partial charge in [0, 0.05) is 6.04 Å². The second-order valence-corrected chi connectivity index (χ2v) is 4.75. The Balaban J connectivity index is 1.86. The van der Waals surface area contributed by atoms with Gasteiger partial charge in [-0.25, -0.2) is 14.3 Å². The minimum absolute atomic E-state index is 0.217. The lowest BCUT2D eigenvalue weighted by atomic mass is 10.5. The molecule has 17 heavy (non-hydrogen) atoms. The van der Waals surface area contributed by atoms with Gasteiger partial charge in [-0.2, -0.15) is 5.10 Å². The maximum absolute atomic E-state index is 11.6. The van der Waals surface area contributed by atoms with Crippen LogP contribution >= 0.6 is 15.9 Å². The molecule has 0 aliphatic heterocycles. The summed E-state index contributed by atoms with van der Waals surface area (Å²) < 4.78 is 2.49. The molecule has 0 spiro atoms. The summed E-state index contributed by atoms with van der Waals surface area (Å²) in [6.07, 6.45) is 3.52. The van der Waals surface area contributed by atoms with E-state index in [2.05, 4.69) is 36.6 Å². The molecule has 2 N–H and O–H groups in total. The van der Waals surface area contributed by atoms with Crippen molar-refractivity contribution in [1.29, 1.82) is 0 Å². The van der Waals surface area contributed by atoms with Crippen LogP contribution in [0.2, 0.25) is 0 Å². The highest BCUT2D eigenvalue weighted by Gasteiger charge is 2.23. The van der Waals surface area contributed by atoms with E-state index in [4.69, 9.17) is 0 Å². The van der Waals surface area contributed by atoms with Crippen molar-refractivity contribution in [3.63, 3.8) is 0 Å². The van der Waals surface area contributed by atoms with Gasteiger partial charge in [0.25, 0.3) is 0 Å². The summed E-state index contributed by atoms with van der Waals surface area (Å²) in [6.45, 7) is 0.